The first kappa shape index (κ1) is 17.1. The highest BCUT2D eigenvalue weighted by Gasteiger charge is 2.35. The van der Waals surface area contributed by atoms with E-state index in [4.69, 9.17) is 9.47 Å². The molecule has 0 N–H and O–H groups in total. The van der Waals surface area contributed by atoms with Gasteiger partial charge in [0.15, 0.2) is 0 Å². The van der Waals surface area contributed by atoms with Crippen molar-refractivity contribution in [2.45, 2.75) is 12.3 Å². The third kappa shape index (κ3) is 3.67. The Balaban J connectivity index is 1.61. The summed E-state index contributed by atoms with van der Waals surface area (Å²) in [6.45, 7) is 0.545. The highest BCUT2D eigenvalue weighted by atomic mass is 19.4. The van der Waals surface area contributed by atoms with Gasteiger partial charge in [0.1, 0.15) is 17.5 Å². The first-order valence-corrected chi connectivity index (χ1v) is 7.51. The van der Waals surface area contributed by atoms with E-state index in [1.165, 1.54) is 24.1 Å². The van der Waals surface area contributed by atoms with Gasteiger partial charge in [-0.2, -0.15) is 13.2 Å². The standard InChI is InChI=1S/C17H15F3N2O3/c1-24-13-6-3-2-5-12(13)16(23)22-9-11(10-22)25-15-8-4-7-14(21-15)17(18,19)20/h2-8,11H,9-10H2,1H3. The fourth-order valence-corrected chi connectivity index (χ4v) is 2.48. The van der Waals surface area contributed by atoms with E-state index in [9.17, 15) is 18.0 Å². The number of para-hydroxylation sites is 1. The maximum absolute atomic E-state index is 12.6. The Hall–Kier alpha value is -2.77. The lowest BCUT2D eigenvalue weighted by Gasteiger charge is -2.38. The molecule has 25 heavy (non-hydrogen) atoms. The van der Waals surface area contributed by atoms with Gasteiger partial charge in [-0.05, 0) is 18.2 Å². The zero-order chi connectivity index (χ0) is 18.0. The smallest absolute Gasteiger partial charge is 0.433 e. The first-order valence-electron chi connectivity index (χ1n) is 7.51. The molecule has 3 rings (SSSR count). The average molecular weight is 352 g/mol. The van der Waals surface area contributed by atoms with Gasteiger partial charge in [-0.25, -0.2) is 4.98 Å². The molecule has 1 aromatic heterocycles. The van der Waals surface area contributed by atoms with Crippen molar-refractivity contribution in [2.75, 3.05) is 20.2 Å². The largest absolute Gasteiger partial charge is 0.496 e. The van der Waals surface area contributed by atoms with Crippen LogP contribution in [0.15, 0.2) is 42.5 Å². The van der Waals surface area contributed by atoms with Gasteiger partial charge in [0, 0.05) is 6.07 Å². The molecule has 2 aromatic rings. The maximum atomic E-state index is 12.6. The van der Waals surface area contributed by atoms with Crippen LogP contribution in [0.2, 0.25) is 0 Å². The van der Waals surface area contributed by atoms with Gasteiger partial charge in [0.05, 0.1) is 25.8 Å². The number of amides is 1. The number of rotatable bonds is 4. The number of methoxy groups -OCH3 is 1. The number of benzene rings is 1. The summed E-state index contributed by atoms with van der Waals surface area (Å²) in [5.41, 5.74) is -0.577. The van der Waals surface area contributed by atoms with E-state index in [1.54, 1.807) is 24.3 Å². The second kappa shape index (κ2) is 6.62. The van der Waals surface area contributed by atoms with Crippen LogP contribution in [0.4, 0.5) is 13.2 Å². The third-order valence-electron chi connectivity index (χ3n) is 3.77. The van der Waals surface area contributed by atoms with E-state index in [0.717, 1.165) is 6.07 Å². The molecule has 1 aliphatic rings. The molecule has 1 saturated heterocycles. The topological polar surface area (TPSA) is 51.7 Å². The molecule has 132 valence electrons. The minimum atomic E-state index is -4.52. The molecule has 0 saturated carbocycles. The number of alkyl halides is 3. The number of likely N-dealkylation sites (tertiary alicyclic amines) is 1. The quantitative estimate of drug-likeness (QED) is 0.849. The van der Waals surface area contributed by atoms with Gasteiger partial charge < -0.3 is 14.4 Å². The van der Waals surface area contributed by atoms with E-state index in [0.29, 0.717) is 11.3 Å². The SMILES string of the molecule is COc1ccccc1C(=O)N1CC(Oc2cccc(C(F)(F)F)n2)C1. The fraction of sp³-hybridized carbons (Fsp3) is 0.294. The second-order valence-electron chi connectivity index (χ2n) is 5.51. The van der Waals surface area contributed by atoms with Crippen molar-refractivity contribution in [3.05, 3.63) is 53.7 Å². The zero-order valence-electron chi connectivity index (χ0n) is 13.3. The highest BCUT2D eigenvalue weighted by Crippen LogP contribution is 2.29. The highest BCUT2D eigenvalue weighted by molar-refractivity contribution is 5.97. The Bertz CT molecular complexity index is 774. The van der Waals surface area contributed by atoms with Crippen LogP contribution in [0.3, 0.4) is 0 Å². The van der Waals surface area contributed by atoms with Crippen molar-refractivity contribution < 1.29 is 27.4 Å². The fourth-order valence-electron chi connectivity index (χ4n) is 2.48. The number of halogens is 3. The molecule has 1 aromatic carbocycles. The van der Waals surface area contributed by atoms with E-state index >= 15 is 0 Å². The van der Waals surface area contributed by atoms with Crippen molar-refractivity contribution in [2.24, 2.45) is 0 Å². The van der Waals surface area contributed by atoms with E-state index in [-0.39, 0.29) is 24.9 Å². The zero-order valence-corrected chi connectivity index (χ0v) is 13.3. The predicted octanol–water partition coefficient (Wildman–Crippen LogP) is 3.01. The molecule has 5 nitrogen and oxygen atoms in total. The van der Waals surface area contributed by atoms with E-state index in [1.807, 2.05) is 0 Å². The van der Waals surface area contributed by atoms with Crippen LogP contribution in [0.25, 0.3) is 0 Å². The number of carbonyl (C=O) groups excluding carboxylic acids is 1. The summed E-state index contributed by atoms with van der Waals surface area (Å²) in [6, 6.07) is 10.3. The number of nitrogens with zero attached hydrogens (tertiary/aromatic N) is 2. The van der Waals surface area contributed by atoms with Gasteiger partial charge in [0.25, 0.3) is 5.91 Å². The van der Waals surface area contributed by atoms with Crippen molar-refractivity contribution >= 4 is 5.91 Å². The first-order chi connectivity index (χ1) is 11.9. The van der Waals surface area contributed by atoms with Gasteiger partial charge in [-0.15, -0.1) is 0 Å². The number of hydrogen-bond donors (Lipinski definition) is 0. The Morgan fingerprint density at radius 3 is 2.56 bits per heavy atom. The van der Waals surface area contributed by atoms with E-state index in [2.05, 4.69) is 4.98 Å². The molecule has 8 heteroatoms. The summed E-state index contributed by atoms with van der Waals surface area (Å²) in [6.07, 6.45) is -4.92. The van der Waals surface area contributed by atoms with Crippen LogP contribution < -0.4 is 9.47 Å². The number of pyridine rings is 1. The molecule has 1 aliphatic heterocycles. The number of hydrogen-bond acceptors (Lipinski definition) is 4. The lowest BCUT2D eigenvalue weighted by molar-refractivity contribution is -0.141. The minimum Gasteiger partial charge on any atom is -0.496 e. The number of ether oxygens (including phenoxy) is 2. The molecule has 0 radical (unpaired) electrons. The number of carbonyl (C=O) groups is 1. The summed E-state index contributed by atoms with van der Waals surface area (Å²) in [7, 11) is 1.48. The number of aromatic nitrogens is 1. The molecule has 1 amide bonds. The maximum Gasteiger partial charge on any atom is 0.433 e. The second-order valence-corrected chi connectivity index (χ2v) is 5.51. The van der Waals surface area contributed by atoms with Crippen LogP contribution >= 0.6 is 0 Å². The van der Waals surface area contributed by atoms with Crippen molar-refractivity contribution in [3.63, 3.8) is 0 Å². The Morgan fingerprint density at radius 2 is 1.88 bits per heavy atom. The normalized spacial score (nSPS) is 14.8. The summed E-state index contributed by atoms with van der Waals surface area (Å²) in [5, 5.41) is 0. The predicted molar refractivity (Wildman–Crippen MR) is 82.6 cm³/mol. The summed E-state index contributed by atoms with van der Waals surface area (Å²) in [5.74, 6) is 0.148. The van der Waals surface area contributed by atoms with Gasteiger partial charge in [-0.3, -0.25) is 4.79 Å². The van der Waals surface area contributed by atoms with Gasteiger partial charge >= 0.3 is 6.18 Å². The molecule has 0 aliphatic carbocycles. The minimum absolute atomic E-state index is 0.107. The summed E-state index contributed by atoms with van der Waals surface area (Å²) < 4.78 is 48.5. The van der Waals surface area contributed by atoms with Crippen molar-refractivity contribution in [3.8, 4) is 11.6 Å². The molecular formula is C17H15F3N2O3. The monoisotopic (exact) mass is 352 g/mol. The van der Waals surface area contributed by atoms with Crippen LogP contribution in [-0.2, 0) is 6.18 Å². The molecule has 0 unspecified atom stereocenters. The molecular weight excluding hydrogens is 337 g/mol. The lowest BCUT2D eigenvalue weighted by Crippen LogP contribution is -2.56. The summed E-state index contributed by atoms with van der Waals surface area (Å²) in [4.78, 5) is 17.4. The van der Waals surface area contributed by atoms with E-state index < -0.39 is 18.0 Å². The Labute approximate surface area is 142 Å². The molecule has 0 atom stereocenters. The van der Waals surface area contributed by atoms with Crippen LogP contribution in [0.1, 0.15) is 16.1 Å². The molecule has 0 bridgehead atoms. The van der Waals surface area contributed by atoms with Crippen molar-refractivity contribution in [1.29, 1.82) is 0 Å². The van der Waals surface area contributed by atoms with Crippen molar-refractivity contribution in [1.82, 2.24) is 9.88 Å². The third-order valence-corrected chi connectivity index (χ3v) is 3.77. The molecule has 2 heterocycles. The lowest BCUT2D eigenvalue weighted by atomic mass is 10.1. The molecule has 1 fully saturated rings. The Morgan fingerprint density at radius 1 is 1.16 bits per heavy atom. The van der Waals surface area contributed by atoms with Gasteiger partial charge in [0.2, 0.25) is 5.88 Å². The van der Waals surface area contributed by atoms with Crippen LogP contribution in [0, 0.1) is 0 Å². The van der Waals surface area contributed by atoms with Crippen LogP contribution in [-0.4, -0.2) is 42.1 Å². The van der Waals surface area contributed by atoms with Gasteiger partial charge in [-0.1, -0.05) is 18.2 Å². The summed E-state index contributed by atoms with van der Waals surface area (Å²) >= 11 is 0. The van der Waals surface area contributed by atoms with Crippen LogP contribution in [0.5, 0.6) is 11.6 Å². The molecule has 0 spiro atoms. The Kier molecular flexibility index (Phi) is 4.52. The average Bonchev–Trinajstić information content (AvgIpc) is 2.56.